The molecule has 1 heterocycles. The molecule has 0 radical (unpaired) electrons. The molecule has 1 unspecified atom stereocenters. The number of carbonyl (C=O) groups excluding carboxylic acids is 3. The van der Waals surface area contributed by atoms with Gasteiger partial charge >= 0.3 is 5.97 Å². The van der Waals surface area contributed by atoms with Crippen LogP contribution in [0.2, 0.25) is 0 Å². The van der Waals surface area contributed by atoms with Crippen LogP contribution in [0, 0.1) is 0 Å². The third-order valence-electron chi connectivity index (χ3n) is 2.25. The van der Waals surface area contributed by atoms with Crippen molar-refractivity contribution in [3.05, 3.63) is 0 Å². The predicted molar refractivity (Wildman–Crippen MR) is 52.2 cm³/mol. The average molecular weight is 230 g/mol. The SMILES string of the molecule is COC(=O)C(O)CNC(=O)[C@H]1CCC(=O)N1. The Kier molecular flexibility index (Phi) is 4.24. The number of aliphatic hydroxyl groups is 1. The van der Waals surface area contributed by atoms with Crippen LogP contribution in [-0.2, 0) is 19.1 Å². The molecule has 7 heteroatoms. The minimum atomic E-state index is -1.38. The summed E-state index contributed by atoms with van der Waals surface area (Å²) in [5.74, 6) is -1.39. The van der Waals surface area contributed by atoms with E-state index in [-0.39, 0.29) is 12.5 Å². The molecule has 1 aliphatic rings. The van der Waals surface area contributed by atoms with Crippen LogP contribution >= 0.6 is 0 Å². The van der Waals surface area contributed by atoms with Crippen molar-refractivity contribution in [3.63, 3.8) is 0 Å². The van der Waals surface area contributed by atoms with E-state index in [0.717, 1.165) is 7.11 Å². The molecule has 2 amide bonds. The van der Waals surface area contributed by atoms with Crippen LogP contribution in [0.4, 0.5) is 0 Å². The minimum Gasteiger partial charge on any atom is -0.467 e. The van der Waals surface area contributed by atoms with Gasteiger partial charge in [-0.25, -0.2) is 4.79 Å². The van der Waals surface area contributed by atoms with Crippen LogP contribution in [-0.4, -0.2) is 48.7 Å². The highest BCUT2D eigenvalue weighted by Crippen LogP contribution is 2.05. The summed E-state index contributed by atoms with van der Waals surface area (Å²) >= 11 is 0. The molecule has 0 aromatic rings. The Hall–Kier alpha value is -1.63. The third-order valence-corrected chi connectivity index (χ3v) is 2.25. The van der Waals surface area contributed by atoms with Gasteiger partial charge in [0.2, 0.25) is 11.8 Å². The molecule has 2 atom stereocenters. The first-order valence-electron chi connectivity index (χ1n) is 4.87. The lowest BCUT2D eigenvalue weighted by Gasteiger charge is -2.13. The Morgan fingerprint density at radius 1 is 1.69 bits per heavy atom. The van der Waals surface area contributed by atoms with Crippen molar-refractivity contribution in [3.8, 4) is 0 Å². The number of esters is 1. The van der Waals surface area contributed by atoms with Crippen molar-refractivity contribution in [1.82, 2.24) is 10.6 Å². The lowest BCUT2D eigenvalue weighted by Crippen LogP contribution is -2.45. The highest BCUT2D eigenvalue weighted by Gasteiger charge is 2.27. The molecule has 1 fully saturated rings. The minimum absolute atomic E-state index is 0.173. The van der Waals surface area contributed by atoms with Gasteiger partial charge in [0.25, 0.3) is 0 Å². The van der Waals surface area contributed by atoms with E-state index < -0.39 is 24.0 Å². The van der Waals surface area contributed by atoms with Crippen molar-refractivity contribution in [2.45, 2.75) is 25.0 Å². The lowest BCUT2D eigenvalue weighted by atomic mass is 10.2. The first-order chi connectivity index (χ1) is 7.54. The van der Waals surface area contributed by atoms with E-state index >= 15 is 0 Å². The maximum absolute atomic E-state index is 11.4. The molecular weight excluding hydrogens is 216 g/mol. The van der Waals surface area contributed by atoms with E-state index in [4.69, 9.17) is 0 Å². The van der Waals surface area contributed by atoms with Gasteiger partial charge in [0.15, 0.2) is 6.10 Å². The van der Waals surface area contributed by atoms with Gasteiger partial charge in [-0.3, -0.25) is 9.59 Å². The van der Waals surface area contributed by atoms with E-state index in [1.165, 1.54) is 0 Å². The summed E-state index contributed by atoms with van der Waals surface area (Å²) in [4.78, 5) is 33.1. The van der Waals surface area contributed by atoms with E-state index in [1.807, 2.05) is 0 Å². The second-order valence-electron chi connectivity index (χ2n) is 3.44. The normalized spacial score (nSPS) is 21.1. The van der Waals surface area contributed by atoms with Crippen molar-refractivity contribution < 1.29 is 24.2 Å². The van der Waals surface area contributed by atoms with Crippen LogP contribution in [0.25, 0.3) is 0 Å². The number of nitrogens with one attached hydrogen (secondary N) is 2. The Morgan fingerprint density at radius 3 is 2.88 bits per heavy atom. The molecule has 1 aliphatic heterocycles. The van der Waals surface area contributed by atoms with Gasteiger partial charge in [-0.1, -0.05) is 0 Å². The Morgan fingerprint density at radius 2 is 2.38 bits per heavy atom. The number of aliphatic hydroxyl groups excluding tert-OH is 1. The zero-order chi connectivity index (χ0) is 12.1. The fourth-order valence-electron chi connectivity index (χ4n) is 1.35. The van der Waals surface area contributed by atoms with Gasteiger partial charge in [-0.2, -0.15) is 0 Å². The zero-order valence-corrected chi connectivity index (χ0v) is 8.86. The summed E-state index contributed by atoms with van der Waals surface area (Å²) < 4.78 is 4.28. The number of ether oxygens (including phenoxy) is 1. The maximum Gasteiger partial charge on any atom is 0.336 e. The molecule has 0 aromatic carbocycles. The van der Waals surface area contributed by atoms with Gasteiger partial charge < -0.3 is 20.5 Å². The maximum atomic E-state index is 11.4. The van der Waals surface area contributed by atoms with Crippen LogP contribution < -0.4 is 10.6 Å². The fraction of sp³-hybridized carbons (Fsp3) is 0.667. The Labute approximate surface area is 92.1 Å². The number of carbonyl (C=O) groups is 3. The van der Waals surface area contributed by atoms with E-state index in [9.17, 15) is 19.5 Å². The van der Waals surface area contributed by atoms with Crippen molar-refractivity contribution in [1.29, 1.82) is 0 Å². The summed E-state index contributed by atoms with van der Waals surface area (Å²) in [7, 11) is 1.14. The Bertz CT molecular complexity index is 304. The van der Waals surface area contributed by atoms with Gasteiger partial charge in [0.1, 0.15) is 6.04 Å². The number of rotatable bonds is 4. The van der Waals surface area contributed by atoms with Gasteiger partial charge in [-0.05, 0) is 6.42 Å². The lowest BCUT2D eigenvalue weighted by molar-refractivity contribution is -0.150. The average Bonchev–Trinajstić information content (AvgIpc) is 2.71. The highest BCUT2D eigenvalue weighted by atomic mass is 16.5. The first kappa shape index (κ1) is 12.4. The fourth-order valence-corrected chi connectivity index (χ4v) is 1.35. The van der Waals surface area contributed by atoms with Gasteiger partial charge in [0.05, 0.1) is 13.7 Å². The molecule has 16 heavy (non-hydrogen) atoms. The molecule has 0 aromatic heterocycles. The van der Waals surface area contributed by atoms with E-state index in [0.29, 0.717) is 12.8 Å². The van der Waals surface area contributed by atoms with E-state index in [1.54, 1.807) is 0 Å². The number of hydrogen-bond donors (Lipinski definition) is 3. The van der Waals surface area contributed by atoms with Crippen molar-refractivity contribution >= 4 is 17.8 Å². The number of methoxy groups -OCH3 is 1. The zero-order valence-electron chi connectivity index (χ0n) is 8.86. The standard InChI is InChI=1S/C9H14N2O5/c1-16-9(15)6(12)4-10-8(14)5-2-3-7(13)11-5/h5-6,12H,2-4H2,1H3,(H,10,14)(H,11,13)/t5-,6?/m1/s1. The third kappa shape index (κ3) is 3.20. The smallest absolute Gasteiger partial charge is 0.336 e. The van der Waals surface area contributed by atoms with E-state index in [2.05, 4.69) is 15.4 Å². The molecule has 7 nitrogen and oxygen atoms in total. The molecule has 3 N–H and O–H groups in total. The van der Waals surface area contributed by atoms with Crippen molar-refractivity contribution in [2.75, 3.05) is 13.7 Å². The second-order valence-corrected chi connectivity index (χ2v) is 3.44. The molecule has 0 aliphatic carbocycles. The largest absolute Gasteiger partial charge is 0.467 e. The molecule has 0 bridgehead atoms. The molecular formula is C9H14N2O5. The number of hydrogen-bond acceptors (Lipinski definition) is 5. The Balaban J connectivity index is 2.30. The predicted octanol–water partition coefficient (Wildman–Crippen LogP) is -2.08. The molecule has 1 saturated heterocycles. The summed E-state index contributed by atoms with van der Waals surface area (Å²) in [5.41, 5.74) is 0. The van der Waals surface area contributed by atoms with Crippen molar-refractivity contribution in [2.24, 2.45) is 0 Å². The first-order valence-corrected chi connectivity index (χ1v) is 4.87. The topological polar surface area (TPSA) is 105 Å². The monoisotopic (exact) mass is 230 g/mol. The summed E-state index contributed by atoms with van der Waals surface area (Å²) in [6.07, 6.45) is -0.637. The highest BCUT2D eigenvalue weighted by molar-refractivity contribution is 5.91. The molecule has 0 saturated carbocycles. The second kappa shape index (κ2) is 5.45. The summed E-state index contributed by atoms with van der Waals surface area (Å²) in [6.45, 7) is -0.224. The molecule has 90 valence electrons. The summed E-state index contributed by atoms with van der Waals surface area (Å²) in [6, 6.07) is -0.572. The van der Waals surface area contributed by atoms with Crippen LogP contribution in [0.3, 0.4) is 0 Å². The molecule has 0 spiro atoms. The summed E-state index contributed by atoms with van der Waals surface area (Å²) in [5, 5.41) is 14.0. The molecule has 1 rings (SSSR count). The van der Waals surface area contributed by atoms with Crippen LogP contribution in [0.15, 0.2) is 0 Å². The number of amides is 2. The van der Waals surface area contributed by atoms with Gasteiger partial charge in [0, 0.05) is 6.42 Å². The van der Waals surface area contributed by atoms with Crippen LogP contribution in [0.5, 0.6) is 0 Å². The quantitative estimate of drug-likeness (QED) is 0.480. The van der Waals surface area contributed by atoms with Gasteiger partial charge in [-0.15, -0.1) is 0 Å². The van der Waals surface area contributed by atoms with Crippen LogP contribution in [0.1, 0.15) is 12.8 Å².